The zero-order valence-corrected chi connectivity index (χ0v) is 20.6. The number of halogens is 1. The quantitative estimate of drug-likeness (QED) is 0.320. The van der Waals surface area contributed by atoms with Crippen molar-refractivity contribution in [2.24, 2.45) is 11.1 Å². The minimum atomic E-state index is -1.11. The molecule has 1 aliphatic carbocycles. The maximum Gasteiger partial charge on any atom is 0.318 e. The van der Waals surface area contributed by atoms with Crippen molar-refractivity contribution in [1.29, 1.82) is 5.41 Å². The van der Waals surface area contributed by atoms with Crippen molar-refractivity contribution in [2.75, 3.05) is 6.54 Å². The van der Waals surface area contributed by atoms with Gasteiger partial charge in [0.25, 0.3) is 0 Å². The number of urea groups is 1. The number of nitrogens with zero attached hydrogens (tertiary/aromatic N) is 1. The average molecular weight is 474 g/mol. The van der Waals surface area contributed by atoms with Crippen molar-refractivity contribution in [3.63, 3.8) is 0 Å². The van der Waals surface area contributed by atoms with Crippen LogP contribution in [-0.4, -0.2) is 45.5 Å². The number of carbonyl (C=O) groups is 2. The van der Waals surface area contributed by atoms with Crippen LogP contribution >= 0.6 is 0 Å². The molecule has 2 aliphatic rings. The Hall–Kier alpha value is -2.94. The minimum absolute atomic E-state index is 0.0406. The van der Waals surface area contributed by atoms with Crippen LogP contribution < -0.4 is 16.4 Å². The second-order valence-corrected chi connectivity index (χ2v) is 10.9. The van der Waals surface area contributed by atoms with Crippen molar-refractivity contribution in [3.05, 3.63) is 46.9 Å². The van der Waals surface area contributed by atoms with E-state index in [2.05, 4.69) is 10.6 Å². The Kier molecular flexibility index (Phi) is 6.81. The molecule has 1 aliphatic heterocycles. The van der Waals surface area contributed by atoms with Gasteiger partial charge in [-0.1, -0.05) is 25.5 Å². The number of carbonyl (C=O) groups excluding carboxylic acids is 2. The van der Waals surface area contributed by atoms with Crippen molar-refractivity contribution in [1.82, 2.24) is 15.5 Å². The van der Waals surface area contributed by atoms with Crippen LogP contribution in [0.15, 0.2) is 35.5 Å². The number of nitrogens with two attached hydrogens (primary N) is 1. The smallest absolute Gasteiger partial charge is 0.318 e. The van der Waals surface area contributed by atoms with E-state index in [1.54, 1.807) is 39.8 Å². The molecule has 0 radical (unpaired) electrons. The molecule has 6 N–H and O–H groups in total. The summed E-state index contributed by atoms with van der Waals surface area (Å²) in [7, 11) is 0. The summed E-state index contributed by atoms with van der Waals surface area (Å²) in [5, 5.41) is 24.4. The third-order valence-corrected chi connectivity index (χ3v) is 7.02. The number of hydrogen-bond donors (Lipinski definition) is 5. The summed E-state index contributed by atoms with van der Waals surface area (Å²) in [5.41, 5.74) is 5.10. The van der Waals surface area contributed by atoms with E-state index >= 15 is 0 Å². The molecule has 186 valence electrons. The van der Waals surface area contributed by atoms with Gasteiger partial charge in [-0.3, -0.25) is 10.2 Å². The van der Waals surface area contributed by atoms with E-state index in [4.69, 9.17) is 11.1 Å². The van der Waals surface area contributed by atoms with E-state index in [9.17, 15) is 19.1 Å². The number of aliphatic hydroxyl groups is 1. The number of amidine groups is 1. The van der Waals surface area contributed by atoms with Crippen molar-refractivity contribution in [2.45, 2.75) is 77.5 Å². The normalized spacial score (nSPS) is 19.9. The van der Waals surface area contributed by atoms with Crippen LogP contribution in [0.25, 0.3) is 0 Å². The lowest BCUT2D eigenvalue weighted by Crippen LogP contribution is -2.52. The SMILES string of the molecule is CC(C)(O)CC(NC(=O)N1CC(C(=N)NC(=O)C2(C)CCC2)=C(N)C1(C)C)c1cccc(F)c1. The third kappa shape index (κ3) is 5.24. The molecule has 0 saturated heterocycles. The minimum Gasteiger partial charge on any atom is -0.400 e. The first-order chi connectivity index (χ1) is 15.6. The van der Waals surface area contributed by atoms with Gasteiger partial charge in [-0.15, -0.1) is 0 Å². The summed E-state index contributed by atoms with van der Waals surface area (Å²) >= 11 is 0. The van der Waals surface area contributed by atoms with Crippen LogP contribution in [0.3, 0.4) is 0 Å². The first-order valence-electron chi connectivity index (χ1n) is 11.6. The summed E-state index contributed by atoms with van der Waals surface area (Å²) in [6, 6.07) is 4.78. The molecule has 1 aromatic rings. The van der Waals surface area contributed by atoms with Crippen LogP contribution in [0.2, 0.25) is 0 Å². The van der Waals surface area contributed by atoms with Gasteiger partial charge in [-0.05, 0) is 58.2 Å². The molecule has 0 spiro atoms. The molecule has 1 atom stereocenters. The summed E-state index contributed by atoms with van der Waals surface area (Å²) in [6.45, 7) is 8.70. The highest BCUT2D eigenvalue weighted by Crippen LogP contribution is 2.40. The van der Waals surface area contributed by atoms with E-state index < -0.39 is 34.4 Å². The zero-order valence-electron chi connectivity index (χ0n) is 20.6. The molecule has 1 saturated carbocycles. The van der Waals surface area contributed by atoms with E-state index in [1.807, 2.05) is 6.92 Å². The van der Waals surface area contributed by atoms with Crippen LogP contribution in [0.4, 0.5) is 9.18 Å². The lowest BCUT2D eigenvalue weighted by atomic mass is 9.70. The fourth-order valence-corrected chi connectivity index (χ4v) is 4.47. The van der Waals surface area contributed by atoms with E-state index in [1.165, 1.54) is 17.0 Å². The maximum absolute atomic E-state index is 13.9. The van der Waals surface area contributed by atoms with Crippen LogP contribution in [0, 0.1) is 16.6 Å². The molecule has 3 rings (SSSR count). The molecule has 0 aromatic heterocycles. The molecule has 1 heterocycles. The van der Waals surface area contributed by atoms with Gasteiger partial charge in [0.1, 0.15) is 11.7 Å². The Labute approximate surface area is 200 Å². The highest BCUT2D eigenvalue weighted by molar-refractivity contribution is 6.09. The van der Waals surface area contributed by atoms with Gasteiger partial charge in [0, 0.05) is 23.1 Å². The van der Waals surface area contributed by atoms with Crippen molar-refractivity contribution in [3.8, 4) is 0 Å². The molecule has 8 nitrogen and oxygen atoms in total. The first kappa shape index (κ1) is 25.7. The summed E-state index contributed by atoms with van der Waals surface area (Å²) in [6.07, 6.45) is 2.71. The number of amides is 3. The predicted octanol–water partition coefficient (Wildman–Crippen LogP) is 3.33. The lowest BCUT2D eigenvalue weighted by Gasteiger charge is -2.36. The Bertz CT molecular complexity index is 1020. The fraction of sp³-hybridized carbons (Fsp3) is 0.560. The van der Waals surface area contributed by atoms with Gasteiger partial charge in [0.2, 0.25) is 5.91 Å². The number of nitrogens with one attached hydrogen (secondary N) is 3. The summed E-state index contributed by atoms with van der Waals surface area (Å²) in [5.74, 6) is -0.746. The topological polar surface area (TPSA) is 132 Å². The summed E-state index contributed by atoms with van der Waals surface area (Å²) in [4.78, 5) is 27.4. The van der Waals surface area contributed by atoms with E-state index in [-0.39, 0.29) is 24.7 Å². The third-order valence-electron chi connectivity index (χ3n) is 7.02. The van der Waals surface area contributed by atoms with E-state index in [0.29, 0.717) is 16.8 Å². The fourth-order valence-electron chi connectivity index (χ4n) is 4.47. The second kappa shape index (κ2) is 9.02. The maximum atomic E-state index is 13.9. The molecule has 1 aromatic carbocycles. The average Bonchev–Trinajstić information content (AvgIpc) is 2.94. The molecule has 9 heteroatoms. The largest absolute Gasteiger partial charge is 0.400 e. The lowest BCUT2D eigenvalue weighted by molar-refractivity contribution is -0.132. The predicted molar refractivity (Wildman–Crippen MR) is 128 cm³/mol. The summed E-state index contributed by atoms with van der Waals surface area (Å²) < 4.78 is 13.9. The molecular formula is C25H36FN5O3. The van der Waals surface area contributed by atoms with Crippen LogP contribution in [0.5, 0.6) is 0 Å². The Morgan fingerprint density at radius 2 is 1.94 bits per heavy atom. The number of rotatable bonds is 6. The standard InChI is InChI=1S/C25H36FN5O3/c1-23(2,34)13-18(15-8-6-9-16(26)12-15)29-22(33)31-14-17(19(27)24(31,3)4)20(28)30-21(32)25(5)10-7-11-25/h6,8-9,12,18,34H,7,10-11,13-14,27H2,1-5H3,(H,29,33)(H2,28,30,32). The highest BCUT2D eigenvalue weighted by Gasteiger charge is 2.45. The second-order valence-electron chi connectivity index (χ2n) is 10.9. The zero-order chi connectivity index (χ0) is 25.5. The number of benzene rings is 1. The molecule has 1 unspecified atom stereocenters. The molecule has 0 bridgehead atoms. The molecule has 34 heavy (non-hydrogen) atoms. The Morgan fingerprint density at radius 3 is 2.47 bits per heavy atom. The van der Waals surface area contributed by atoms with Gasteiger partial charge in [-0.2, -0.15) is 0 Å². The van der Waals surface area contributed by atoms with E-state index in [0.717, 1.165) is 19.3 Å². The molecular weight excluding hydrogens is 437 g/mol. The van der Waals surface area contributed by atoms with Gasteiger partial charge in [-0.25, -0.2) is 9.18 Å². The molecule has 1 fully saturated rings. The monoisotopic (exact) mass is 473 g/mol. The van der Waals surface area contributed by atoms with Gasteiger partial charge in [0.15, 0.2) is 0 Å². The van der Waals surface area contributed by atoms with Crippen LogP contribution in [0.1, 0.15) is 71.9 Å². The molecule has 3 amide bonds. The van der Waals surface area contributed by atoms with Crippen LogP contribution in [-0.2, 0) is 4.79 Å². The number of hydrogen-bond acceptors (Lipinski definition) is 5. The Morgan fingerprint density at radius 1 is 1.29 bits per heavy atom. The van der Waals surface area contributed by atoms with Gasteiger partial charge >= 0.3 is 6.03 Å². The van der Waals surface area contributed by atoms with Gasteiger partial charge in [0.05, 0.1) is 23.7 Å². The Balaban J connectivity index is 1.77. The first-order valence-corrected chi connectivity index (χ1v) is 11.6. The van der Waals surface area contributed by atoms with Gasteiger partial charge < -0.3 is 26.4 Å². The highest BCUT2D eigenvalue weighted by atomic mass is 19.1. The van der Waals surface area contributed by atoms with Crippen molar-refractivity contribution < 1.29 is 19.1 Å². The van der Waals surface area contributed by atoms with Crippen molar-refractivity contribution >= 4 is 17.8 Å².